The SMILES string of the molecule is COc1ccc(-c2ccc(C(=O)Nc3ccc(-c4nccn4-c4ccnc(NCC(C)O)n4)cc3)o2)cc1. The molecule has 0 aliphatic carbocycles. The first-order valence-corrected chi connectivity index (χ1v) is 11.9. The third-order valence-corrected chi connectivity index (χ3v) is 5.69. The van der Waals surface area contributed by atoms with Gasteiger partial charge in [-0.1, -0.05) is 0 Å². The number of nitrogens with zero attached hydrogens (tertiary/aromatic N) is 4. The Hall–Kier alpha value is -4.96. The number of amides is 1. The summed E-state index contributed by atoms with van der Waals surface area (Å²) in [6, 6.07) is 19.9. The molecule has 5 rings (SSSR count). The lowest BCUT2D eigenvalue weighted by Gasteiger charge is -2.11. The smallest absolute Gasteiger partial charge is 0.291 e. The molecule has 38 heavy (non-hydrogen) atoms. The molecule has 5 aromatic rings. The average molecular weight is 511 g/mol. The van der Waals surface area contributed by atoms with Crippen LogP contribution < -0.4 is 15.4 Å². The van der Waals surface area contributed by atoms with Gasteiger partial charge < -0.3 is 24.9 Å². The third-order valence-electron chi connectivity index (χ3n) is 5.69. The van der Waals surface area contributed by atoms with E-state index in [-0.39, 0.29) is 11.7 Å². The lowest BCUT2D eigenvalue weighted by Crippen LogP contribution is -2.17. The zero-order chi connectivity index (χ0) is 26.5. The van der Waals surface area contributed by atoms with Crippen LogP contribution in [0.5, 0.6) is 5.75 Å². The van der Waals surface area contributed by atoms with Crippen molar-refractivity contribution in [3.63, 3.8) is 0 Å². The lowest BCUT2D eigenvalue weighted by molar-refractivity contribution is 0.0997. The number of aliphatic hydroxyl groups excluding tert-OH is 1. The molecule has 0 saturated carbocycles. The summed E-state index contributed by atoms with van der Waals surface area (Å²) in [6.07, 6.45) is 4.62. The van der Waals surface area contributed by atoms with E-state index < -0.39 is 6.10 Å². The Morgan fingerprint density at radius 3 is 2.50 bits per heavy atom. The van der Waals surface area contributed by atoms with Crippen LogP contribution >= 0.6 is 0 Å². The number of carbonyl (C=O) groups excluding carboxylic acids is 1. The summed E-state index contributed by atoms with van der Waals surface area (Å²) < 4.78 is 12.8. The average Bonchev–Trinajstić information content (AvgIpc) is 3.63. The minimum atomic E-state index is -0.520. The molecule has 0 aliphatic heterocycles. The molecule has 0 fully saturated rings. The Morgan fingerprint density at radius 1 is 1.00 bits per heavy atom. The van der Waals surface area contributed by atoms with Crippen molar-refractivity contribution in [3.8, 4) is 34.3 Å². The maximum absolute atomic E-state index is 12.8. The zero-order valence-electron chi connectivity index (χ0n) is 20.8. The van der Waals surface area contributed by atoms with E-state index in [2.05, 4.69) is 25.6 Å². The van der Waals surface area contributed by atoms with E-state index in [4.69, 9.17) is 9.15 Å². The van der Waals surface area contributed by atoms with E-state index in [1.807, 2.05) is 47.2 Å². The molecule has 0 aliphatic rings. The minimum absolute atomic E-state index is 0.208. The molecule has 1 unspecified atom stereocenters. The van der Waals surface area contributed by atoms with E-state index in [0.29, 0.717) is 35.6 Å². The fourth-order valence-electron chi connectivity index (χ4n) is 3.78. The van der Waals surface area contributed by atoms with Crippen LogP contribution in [-0.2, 0) is 0 Å². The summed E-state index contributed by atoms with van der Waals surface area (Å²) in [5, 5.41) is 15.4. The first-order valence-electron chi connectivity index (χ1n) is 11.9. The molecule has 3 heterocycles. The van der Waals surface area contributed by atoms with Gasteiger partial charge in [0.2, 0.25) is 5.95 Å². The number of methoxy groups -OCH3 is 1. The van der Waals surface area contributed by atoms with Gasteiger partial charge in [0.15, 0.2) is 5.76 Å². The fraction of sp³-hybridized carbons (Fsp3) is 0.143. The van der Waals surface area contributed by atoms with Crippen molar-refractivity contribution in [3.05, 3.63) is 91.1 Å². The molecule has 0 radical (unpaired) electrons. The number of furan rings is 1. The highest BCUT2D eigenvalue weighted by Gasteiger charge is 2.14. The van der Waals surface area contributed by atoms with Gasteiger partial charge in [0, 0.05) is 41.9 Å². The van der Waals surface area contributed by atoms with Crippen LogP contribution in [0.2, 0.25) is 0 Å². The van der Waals surface area contributed by atoms with Crippen molar-refractivity contribution in [2.24, 2.45) is 0 Å². The molecule has 0 bridgehead atoms. The van der Waals surface area contributed by atoms with Crippen molar-refractivity contribution in [2.75, 3.05) is 24.3 Å². The number of aromatic nitrogens is 4. The van der Waals surface area contributed by atoms with Gasteiger partial charge in [-0.2, -0.15) is 4.98 Å². The molecule has 1 atom stereocenters. The van der Waals surface area contributed by atoms with Crippen LogP contribution in [0.4, 0.5) is 11.6 Å². The number of carbonyl (C=O) groups is 1. The highest BCUT2D eigenvalue weighted by molar-refractivity contribution is 6.02. The Kier molecular flexibility index (Phi) is 7.14. The summed E-state index contributed by atoms with van der Waals surface area (Å²) in [6.45, 7) is 2.03. The molecule has 0 spiro atoms. The number of hydrogen-bond donors (Lipinski definition) is 3. The maximum Gasteiger partial charge on any atom is 0.291 e. The van der Waals surface area contributed by atoms with Gasteiger partial charge in [0.25, 0.3) is 5.91 Å². The summed E-state index contributed by atoms with van der Waals surface area (Å²) in [5.74, 6) is 2.91. The van der Waals surface area contributed by atoms with E-state index in [1.54, 1.807) is 56.8 Å². The standard InChI is InChI=1S/C28H26N6O4/c1-18(35)17-31-28-30-14-13-25(33-28)34-16-15-29-26(34)20-3-7-21(8-4-20)32-27(36)24-12-11-23(38-24)19-5-9-22(37-2)10-6-19/h3-16,18,35H,17H2,1-2H3,(H,32,36)(H,30,31,33). The number of hydrogen-bond acceptors (Lipinski definition) is 8. The Morgan fingerprint density at radius 2 is 1.76 bits per heavy atom. The first-order chi connectivity index (χ1) is 18.5. The molecular weight excluding hydrogens is 484 g/mol. The highest BCUT2D eigenvalue weighted by Crippen LogP contribution is 2.26. The van der Waals surface area contributed by atoms with Crippen LogP contribution in [0.1, 0.15) is 17.5 Å². The lowest BCUT2D eigenvalue weighted by atomic mass is 10.2. The van der Waals surface area contributed by atoms with Crippen molar-refractivity contribution in [1.29, 1.82) is 0 Å². The number of rotatable bonds is 9. The molecule has 3 N–H and O–H groups in total. The van der Waals surface area contributed by atoms with Gasteiger partial charge in [0.1, 0.15) is 23.2 Å². The van der Waals surface area contributed by atoms with Gasteiger partial charge >= 0.3 is 0 Å². The second-order valence-electron chi connectivity index (χ2n) is 8.51. The molecule has 192 valence electrons. The van der Waals surface area contributed by atoms with Crippen LogP contribution in [0, 0.1) is 0 Å². The van der Waals surface area contributed by atoms with Crippen molar-refractivity contribution in [2.45, 2.75) is 13.0 Å². The van der Waals surface area contributed by atoms with Crippen LogP contribution in [-0.4, -0.2) is 50.3 Å². The van der Waals surface area contributed by atoms with Crippen LogP contribution in [0.3, 0.4) is 0 Å². The van der Waals surface area contributed by atoms with E-state index in [0.717, 1.165) is 16.9 Å². The zero-order valence-corrected chi connectivity index (χ0v) is 20.8. The molecule has 1 amide bonds. The fourth-order valence-corrected chi connectivity index (χ4v) is 3.78. The number of nitrogens with one attached hydrogen (secondary N) is 2. The Balaban J connectivity index is 1.28. The van der Waals surface area contributed by atoms with Gasteiger partial charge in [-0.3, -0.25) is 9.36 Å². The normalized spacial score (nSPS) is 11.7. The minimum Gasteiger partial charge on any atom is -0.497 e. The largest absolute Gasteiger partial charge is 0.497 e. The molecular formula is C28H26N6O4. The molecule has 10 nitrogen and oxygen atoms in total. The number of anilines is 2. The van der Waals surface area contributed by atoms with Crippen LogP contribution in [0.25, 0.3) is 28.5 Å². The highest BCUT2D eigenvalue weighted by atomic mass is 16.5. The molecule has 0 saturated heterocycles. The second kappa shape index (κ2) is 11.0. The number of imidazole rings is 1. The summed E-state index contributed by atoms with van der Waals surface area (Å²) in [5.41, 5.74) is 2.30. The van der Waals surface area contributed by atoms with Crippen molar-refractivity contribution >= 4 is 17.5 Å². The third kappa shape index (κ3) is 5.55. The molecule has 3 aromatic heterocycles. The monoisotopic (exact) mass is 510 g/mol. The van der Waals surface area contributed by atoms with Crippen molar-refractivity contribution < 1.29 is 19.1 Å². The first kappa shape index (κ1) is 24.7. The van der Waals surface area contributed by atoms with Gasteiger partial charge in [-0.15, -0.1) is 0 Å². The summed E-state index contributed by atoms with van der Waals surface area (Å²) >= 11 is 0. The maximum atomic E-state index is 12.8. The Labute approximate surface area is 219 Å². The van der Waals surface area contributed by atoms with Gasteiger partial charge in [-0.05, 0) is 73.7 Å². The van der Waals surface area contributed by atoms with Gasteiger partial charge in [-0.25, -0.2) is 9.97 Å². The predicted octanol–water partition coefficient (Wildman–Crippen LogP) is 4.64. The Bertz CT molecular complexity index is 1520. The van der Waals surface area contributed by atoms with Crippen molar-refractivity contribution in [1.82, 2.24) is 19.5 Å². The van der Waals surface area contributed by atoms with E-state index >= 15 is 0 Å². The summed E-state index contributed by atoms with van der Waals surface area (Å²) in [7, 11) is 1.61. The van der Waals surface area contributed by atoms with Crippen LogP contribution in [0.15, 0.2) is 89.7 Å². The van der Waals surface area contributed by atoms with E-state index in [1.165, 1.54) is 0 Å². The topological polar surface area (TPSA) is 127 Å². The second-order valence-corrected chi connectivity index (χ2v) is 8.51. The number of benzene rings is 2. The molecule has 2 aromatic carbocycles. The quantitative estimate of drug-likeness (QED) is 0.262. The predicted molar refractivity (Wildman–Crippen MR) is 143 cm³/mol. The molecule has 10 heteroatoms. The number of aliphatic hydroxyl groups is 1. The van der Waals surface area contributed by atoms with Gasteiger partial charge in [0.05, 0.1) is 13.2 Å². The number of ether oxygens (including phenoxy) is 1. The van der Waals surface area contributed by atoms with E-state index in [9.17, 15) is 9.90 Å². The summed E-state index contributed by atoms with van der Waals surface area (Å²) in [4.78, 5) is 25.9.